The van der Waals surface area contributed by atoms with Crippen LogP contribution in [0.2, 0.25) is 0 Å². The first-order valence-corrected chi connectivity index (χ1v) is 42.3. The number of phosphoric ester groups is 2. The van der Waals surface area contributed by atoms with Gasteiger partial charge in [0.15, 0.2) is 12.2 Å². The summed E-state index contributed by atoms with van der Waals surface area (Å²) in [5.41, 5.74) is 0. The predicted octanol–water partition coefficient (Wildman–Crippen LogP) is 22.2. The second-order valence-corrected chi connectivity index (χ2v) is 29.9. The highest BCUT2D eigenvalue weighted by Crippen LogP contribution is 2.45. The molecule has 558 valence electrons. The first-order valence-electron chi connectivity index (χ1n) is 39.3. The van der Waals surface area contributed by atoms with Crippen molar-refractivity contribution in [3.63, 3.8) is 0 Å². The average molecular weight is 1380 g/mol. The zero-order valence-corrected chi connectivity index (χ0v) is 62.7. The fourth-order valence-corrected chi connectivity index (χ4v) is 13.2. The smallest absolute Gasteiger partial charge is 0.462 e. The lowest BCUT2D eigenvalue weighted by molar-refractivity contribution is -0.161. The van der Waals surface area contributed by atoms with E-state index in [2.05, 4.69) is 27.7 Å². The van der Waals surface area contributed by atoms with Crippen molar-refractivity contribution in [3.8, 4) is 0 Å². The number of hydrogen-bond acceptors (Lipinski definition) is 15. The average Bonchev–Trinajstić information content (AvgIpc) is 2.26. The minimum absolute atomic E-state index is 0.109. The van der Waals surface area contributed by atoms with Crippen LogP contribution in [0.15, 0.2) is 0 Å². The molecule has 0 bridgehead atoms. The number of aliphatic hydroxyl groups is 1. The molecule has 0 aliphatic rings. The molecule has 0 aliphatic heterocycles. The summed E-state index contributed by atoms with van der Waals surface area (Å²) in [7, 11) is -9.91. The van der Waals surface area contributed by atoms with Gasteiger partial charge in [-0.1, -0.05) is 349 Å². The second-order valence-electron chi connectivity index (χ2n) is 27.0. The molecule has 0 heterocycles. The van der Waals surface area contributed by atoms with Crippen LogP contribution in [-0.4, -0.2) is 96.7 Å². The number of carbonyl (C=O) groups is 4. The molecule has 2 unspecified atom stereocenters. The highest BCUT2D eigenvalue weighted by molar-refractivity contribution is 7.47. The molecule has 5 atom stereocenters. The van der Waals surface area contributed by atoms with Crippen molar-refractivity contribution in [1.29, 1.82) is 0 Å². The van der Waals surface area contributed by atoms with Gasteiger partial charge in [-0.2, -0.15) is 0 Å². The van der Waals surface area contributed by atoms with Gasteiger partial charge >= 0.3 is 39.5 Å². The van der Waals surface area contributed by atoms with Crippen LogP contribution < -0.4 is 0 Å². The van der Waals surface area contributed by atoms with Gasteiger partial charge in [0, 0.05) is 25.7 Å². The van der Waals surface area contributed by atoms with Crippen LogP contribution in [0.1, 0.15) is 400 Å². The molecular weight excluding hydrogens is 1230 g/mol. The summed E-state index contributed by atoms with van der Waals surface area (Å²) in [6, 6.07) is 0. The van der Waals surface area contributed by atoms with Gasteiger partial charge in [0.05, 0.1) is 26.4 Å². The van der Waals surface area contributed by atoms with Gasteiger partial charge in [0.2, 0.25) is 0 Å². The van der Waals surface area contributed by atoms with Crippen LogP contribution in [0.4, 0.5) is 0 Å². The number of rotatable bonds is 76. The summed E-state index contributed by atoms with van der Waals surface area (Å²) in [6.45, 7) is 5.00. The molecule has 0 aromatic rings. The third-order valence-electron chi connectivity index (χ3n) is 17.6. The molecule has 0 aromatic heterocycles. The minimum Gasteiger partial charge on any atom is -0.462 e. The summed E-state index contributed by atoms with van der Waals surface area (Å²) in [5, 5.41) is 10.6. The van der Waals surface area contributed by atoms with Gasteiger partial charge in [-0.15, -0.1) is 0 Å². The Hall–Kier alpha value is -1.94. The SMILES string of the molecule is CCCCCCCCCCCCCCCCCC(=O)O[C@H](COC(=O)CCCCCCCCCCCCCCC)COP(=O)(O)OC[C@@H](O)COP(=O)(O)OC[C@@H](COC(=O)CCCCCCCCCCCCCCC)OC(=O)CCCCCCCCCCCCCCC. The maximum atomic E-state index is 13.1. The summed E-state index contributed by atoms with van der Waals surface area (Å²) in [4.78, 5) is 72.8. The van der Waals surface area contributed by atoms with Crippen LogP contribution in [0.5, 0.6) is 0 Å². The zero-order valence-electron chi connectivity index (χ0n) is 60.9. The van der Waals surface area contributed by atoms with Crippen molar-refractivity contribution in [2.75, 3.05) is 39.6 Å². The van der Waals surface area contributed by atoms with Gasteiger partial charge in [0.1, 0.15) is 19.3 Å². The van der Waals surface area contributed by atoms with E-state index in [1.807, 2.05) is 0 Å². The number of phosphoric acid groups is 2. The Kier molecular flexibility index (Phi) is 68.1. The van der Waals surface area contributed by atoms with Gasteiger partial charge in [0.25, 0.3) is 0 Å². The summed E-state index contributed by atoms with van der Waals surface area (Å²) >= 11 is 0. The van der Waals surface area contributed by atoms with Crippen LogP contribution >= 0.6 is 15.6 Å². The van der Waals surface area contributed by atoms with Gasteiger partial charge in [-0.3, -0.25) is 37.3 Å². The number of esters is 4. The van der Waals surface area contributed by atoms with Crippen molar-refractivity contribution in [1.82, 2.24) is 0 Å². The van der Waals surface area contributed by atoms with E-state index < -0.39 is 97.5 Å². The number of unbranched alkanes of at least 4 members (excludes halogenated alkanes) is 50. The normalized spacial score (nSPS) is 13.9. The predicted molar refractivity (Wildman–Crippen MR) is 382 cm³/mol. The van der Waals surface area contributed by atoms with Crippen molar-refractivity contribution in [3.05, 3.63) is 0 Å². The molecule has 0 spiro atoms. The Balaban J connectivity index is 5.26. The minimum atomic E-state index is -4.95. The molecule has 0 saturated carbocycles. The molecule has 0 amide bonds. The zero-order chi connectivity index (χ0) is 69.0. The summed E-state index contributed by atoms with van der Waals surface area (Å²) < 4.78 is 68.5. The Morgan fingerprint density at radius 3 is 0.628 bits per heavy atom. The first-order chi connectivity index (χ1) is 45.7. The molecule has 19 heteroatoms. The molecule has 3 N–H and O–H groups in total. The monoisotopic (exact) mass is 1380 g/mol. The molecule has 0 aromatic carbocycles. The number of ether oxygens (including phenoxy) is 4. The fourth-order valence-electron chi connectivity index (χ4n) is 11.6. The van der Waals surface area contributed by atoms with Gasteiger partial charge < -0.3 is 33.8 Å². The Morgan fingerprint density at radius 1 is 0.255 bits per heavy atom. The summed E-state index contributed by atoms with van der Waals surface area (Å²) in [6.07, 6.45) is 59.3. The molecule has 17 nitrogen and oxygen atoms in total. The standard InChI is InChI=1S/C75H146O17P2/c1-5-9-13-17-21-25-29-33-34-38-42-46-50-54-58-62-75(80)92-71(66-86-73(78)60-56-52-48-44-40-36-31-27-23-19-15-11-7-3)68-90-94(83,84)88-64-69(76)63-87-93(81,82)89-67-70(91-74(79)61-57-53-49-45-41-37-32-28-24-20-16-12-8-4)65-85-72(77)59-55-51-47-43-39-35-30-26-22-18-14-10-6-2/h69-71,76H,5-68H2,1-4H3,(H,81,82)(H,83,84)/t69-,70+,71+/m0/s1. The van der Waals surface area contributed by atoms with Gasteiger partial charge in [-0.25, -0.2) is 9.13 Å². The van der Waals surface area contributed by atoms with E-state index in [0.29, 0.717) is 25.7 Å². The van der Waals surface area contributed by atoms with Crippen LogP contribution in [0.25, 0.3) is 0 Å². The maximum Gasteiger partial charge on any atom is 0.472 e. The largest absolute Gasteiger partial charge is 0.472 e. The van der Waals surface area contributed by atoms with E-state index in [9.17, 15) is 43.2 Å². The lowest BCUT2D eigenvalue weighted by Crippen LogP contribution is -2.30. The van der Waals surface area contributed by atoms with Gasteiger partial charge in [-0.05, 0) is 25.7 Å². The third kappa shape index (κ3) is 68.6. The Bertz CT molecular complexity index is 1790. The molecular formula is C75H146O17P2. The quantitative estimate of drug-likeness (QED) is 0.0222. The van der Waals surface area contributed by atoms with Crippen molar-refractivity contribution in [2.45, 2.75) is 418 Å². The van der Waals surface area contributed by atoms with E-state index >= 15 is 0 Å². The van der Waals surface area contributed by atoms with E-state index in [4.69, 9.17) is 37.0 Å². The molecule has 0 fully saturated rings. The lowest BCUT2D eigenvalue weighted by Gasteiger charge is -2.21. The molecule has 0 aliphatic carbocycles. The highest BCUT2D eigenvalue weighted by atomic mass is 31.2. The first kappa shape index (κ1) is 92.1. The summed E-state index contributed by atoms with van der Waals surface area (Å²) in [5.74, 6) is -2.11. The van der Waals surface area contributed by atoms with E-state index in [-0.39, 0.29) is 25.7 Å². The van der Waals surface area contributed by atoms with Crippen molar-refractivity contribution >= 4 is 39.5 Å². The Morgan fingerprint density at radius 2 is 0.426 bits per heavy atom. The number of aliphatic hydroxyl groups excluding tert-OH is 1. The van der Waals surface area contributed by atoms with Crippen LogP contribution in [0, 0.1) is 0 Å². The second kappa shape index (κ2) is 69.5. The molecule has 0 rings (SSSR count). The van der Waals surface area contributed by atoms with Crippen molar-refractivity contribution < 1.29 is 80.2 Å². The highest BCUT2D eigenvalue weighted by Gasteiger charge is 2.30. The molecule has 94 heavy (non-hydrogen) atoms. The molecule has 0 radical (unpaired) electrons. The van der Waals surface area contributed by atoms with E-state index in [1.54, 1.807) is 0 Å². The molecule has 0 saturated heterocycles. The Labute approximate surface area is 575 Å². The van der Waals surface area contributed by atoms with Crippen LogP contribution in [-0.2, 0) is 65.4 Å². The number of carbonyl (C=O) groups excluding carboxylic acids is 4. The number of hydrogen-bond donors (Lipinski definition) is 3. The van der Waals surface area contributed by atoms with Crippen molar-refractivity contribution in [2.24, 2.45) is 0 Å². The maximum absolute atomic E-state index is 13.1. The van der Waals surface area contributed by atoms with E-state index in [0.717, 1.165) is 89.9 Å². The fraction of sp³-hybridized carbons (Fsp3) is 0.947. The van der Waals surface area contributed by atoms with Crippen LogP contribution in [0.3, 0.4) is 0 Å². The topological polar surface area (TPSA) is 237 Å². The lowest BCUT2D eigenvalue weighted by atomic mass is 10.0. The van der Waals surface area contributed by atoms with E-state index in [1.165, 1.54) is 231 Å². The third-order valence-corrected chi connectivity index (χ3v) is 19.5.